The van der Waals surface area contributed by atoms with Crippen molar-refractivity contribution in [1.29, 1.82) is 0 Å². The maximum atomic E-state index is 13.2. The molecule has 2 N–H and O–H groups in total. The zero-order chi connectivity index (χ0) is 14.7. The van der Waals surface area contributed by atoms with Crippen LogP contribution in [0.4, 0.5) is 4.39 Å². The fourth-order valence-corrected chi connectivity index (χ4v) is 3.71. The molecule has 3 unspecified atom stereocenters. The summed E-state index contributed by atoms with van der Waals surface area (Å²) in [6, 6.07) is 5.17. The van der Waals surface area contributed by atoms with Gasteiger partial charge in [0.05, 0.1) is 0 Å². The summed E-state index contributed by atoms with van der Waals surface area (Å²) in [6.45, 7) is 2.80. The van der Waals surface area contributed by atoms with E-state index in [0.29, 0.717) is 23.5 Å². The molecule has 0 spiro atoms. The SMILES string of the molecule is CC1CCCCC1N(C)C(CN)c1ccc(F)cc1Cl. The Balaban J connectivity index is 2.22. The fraction of sp³-hybridized carbons (Fsp3) is 0.625. The highest BCUT2D eigenvalue weighted by atomic mass is 35.5. The third-order valence-electron chi connectivity index (χ3n) is 4.63. The average Bonchev–Trinajstić information content (AvgIpc) is 2.42. The molecule has 0 bridgehead atoms. The Bertz CT molecular complexity index is 452. The van der Waals surface area contributed by atoms with Crippen LogP contribution in [0.5, 0.6) is 0 Å². The van der Waals surface area contributed by atoms with Gasteiger partial charge in [0.15, 0.2) is 0 Å². The number of nitrogens with zero attached hydrogens (tertiary/aromatic N) is 1. The van der Waals surface area contributed by atoms with Crippen LogP contribution in [-0.4, -0.2) is 24.5 Å². The standard InChI is InChI=1S/C16H24ClFN2/c1-11-5-3-4-6-15(11)20(2)16(10-19)13-8-7-12(18)9-14(13)17/h7-9,11,15-16H,3-6,10,19H2,1-2H3. The predicted octanol–water partition coefficient (Wildman–Crippen LogP) is 3.99. The van der Waals surface area contributed by atoms with Crippen LogP contribution in [0.2, 0.25) is 5.02 Å². The zero-order valence-electron chi connectivity index (χ0n) is 12.3. The van der Waals surface area contributed by atoms with Gasteiger partial charge in [-0.3, -0.25) is 4.90 Å². The summed E-state index contributed by atoms with van der Waals surface area (Å²) < 4.78 is 13.2. The first kappa shape index (κ1) is 15.7. The van der Waals surface area contributed by atoms with Crippen molar-refractivity contribution in [3.05, 3.63) is 34.6 Å². The van der Waals surface area contributed by atoms with Gasteiger partial charge < -0.3 is 5.73 Å². The van der Waals surface area contributed by atoms with E-state index in [1.165, 1.54) is 37.8 Å². The van der Waals surface area contributed by atoms with Crippen LogP contribution < -0.4 is 5.73 Å². The maximum Gasteiger partial charge on any atom is 0.124 e. The lowest BCUT2D eigenvalue weighted by molar-refractivity contribution is 0.0992. The van der Waals surface area contributed by atoms with E-state index in [9.17, 15) is 4.39 Å². The zero-order valence-corrected chi connectivity index (χ0v) is 13.0. The van der Waals surface area contributed by atoms with Gasteiger partial charge >= 0.3 is 0 Å². The summed E-state index contributed by atoms with van der Waals surface area (Å²) in [5.74, 6) is 0.366. The molecule has 112 valence electrons. The topological polar surface area (TPSA) is 29.3 Å². The number of halogens is 2. The number of hydrogen-bond acceptors (Lipinski definition) is 2. The van der Waals surface area contributed by atoms with Gasteiger partial charge in [0.25, 0.3) is 0 Å². The van der Waals surface area contributed by atoms with Gasteiger partial charge in [0.1, 0.15) is 5.82 Å². The molecule has 4 heteroatoms. The molecule has 0 aromatic heterocycles. The van der Waals surface area contributed by atoms with E-state index in [-0.39, 0.29) is 11.9 Å². The minimum Gasteiger partial charge on any atom is -0.329 e. The molecule has 1 aromatic carbocycles. The van der Waals surface area contributed by atoms with E-state index in [1.807, 2.05) is 0 Å². The van der Waals surface area contributed by atoms with Crippen molar-refractivity contribution < 1.29 is 4.39 Å². The third kappa shape index (κ3) is 3.33. The number of likely N-dealkylation sites (N-methyl/N-ethyl adjacent to an activating group) is 1. The lowest BCUT2D eigenvalue weighted by Crippen LogP contribution is -2.43. The molecule has 1 aliphatic carbocycles. The third-order valence-corrected chi connectivity index (χ3v) is 4.95. The van der Waals surface area contributed by atoms with Crippen LogP contribution in [0, 0.1) is 11.7 Å². The molecule has 0 saturated heterocycles. The van der Waals surface area contributed by atoms with Gasteiger partial charge in [-0.2, -0.15) is 0 Å². The van der Waals surface area contributed by atoms with Crippen LogP contribution in [0.25, 0.3) is 0 Å². The Morgan fingerprint density at radius 3 is 2.70 bits per heavy atom. The summed E-state index contributed by atoms with van der Waals surface area (Å²) in [6.07, 6.45) is 5.06. The summed E-state index contributed by atoms with van der Waals surface area (Å²) in [5, 5.41) is 0.468. The largest absolute Gasteiger partial charge is 0.329 e. The van der Waals surface area contributed by atoms with Crippen LogP contribution in [-0.2, 0) is 0 Å². The monoisotopic (exact) mass is 298 g/mol. The first-order valence-electron chi connectivity index (χ1n) is 7.41. The van der Waals surface area contributed by atoms with Crippen molar-refractivity contribution in [3.63, 3.8) is 0 Å². The highest BCUT2D eigenvalue weighted by Crippen LogP contribution is 2.34. The molecule has 0 amide bonds. The quantitative estimate of drug-likeness (QED) is 0.911. The van der Waals surface area contributed by atoms with Gasteiger partial charge in [-0.05, 0) is 43.5 Å². The Morgan fingerprint density at radius 2 is 2.10 bits per heavy atom. The van der Waals surface area contributed by atoms with Gasteiger partial charge in [-0.25, -0.2) is 4.39 Å². The van der Waals surface area contributed by atoms with Crippen LogP contribution >= 0.6 is 11.6 Å². The molecular formula is C16H24ClFN2. The Kier molecular flexibility index (Phi) is 5.42. The fourth-order valence-electron chi connectivity index (χ4n) is 3.42. The van der Waals surface area contributed by atoms with E-state index in [0.717, 1.165) is 5.56 Å². The molecule has 2 rings (SSSR count). The van der Waals surface area contributed by atoms with Gasteiger partial charge in [-0.1, -0.05) is 37.4 Å². The van der Waals surface area contributed by atoms with Crippen molar-refractivity contribution in [1.82, 2.24) is 4.90 Å². The van der Waals surface area contributed by atoms with E-state index in [2.05, 4.69) is 18.9 Å². The molecule has 0 heterocycles. The van der Waals surface area contributed by atoms with Crippen molar-refractivity contribution in [2.75, 3.05) is 13.6 Å². The molecule has 1 fully saturated rings. The number of hydrogen-bond donors (Lipinski definition) is 1. The van der Waals surface area contributed by atoms with E-state index in [1.54, 1.807) is 6.07 Å². The normalized spacial score (nSPS) is 24.9. The van der Waals surface area contributed by atoms with Gasteiger partial charge in [-0.15, -0.1) is 0 Å². The summed E-state index contributed by atoms with van der Waals surface area (Å²) in [5.41, 5.74) is 6.90. The molecule has 0 aliphatic heterocycles. The van der Waals surface area contributed by atoms with Crippen molar-refractivity contribution in [3.8, 4) is 0 Å². The minimum atomic E-state index is -0.303. The molecule has 2 nitrogen and oxygen atoms in total. The van der Waals surface area contributed by atoms with Crippen molar-refractivity contribution in [2.24, 2.45) is 11.7 Å². The molecule has 0 radical (unpaired) electrons. The lowest BCUT2D eigenvalue weighted by atomic mass is 9.84. The lowest BCUT2D eigenvalue weighted by Gasteiger charge is -2.41. The van der Waals surface area contributed by atoms with E-state index >= 15 is 0 Å². The molecule has 20 heavy (non-hydrogen) atoms. The van der Waals surface area contributed by atoms with Crippen LogP contribution in [0.1, 0.15) is 44.2 Å². The average molecular weight is 299 g/mol. The summed E-state index contributed by atoms with van der Waals surface area (Å²) >= 11 is 6.20. The second kappa shape index (κ2) is 6.88. The number of rotatable bonds is 4. The molecule has 1 saturated carbocycles. The van der Waals surface area contributed by atoms with Gasteiger partial charge in [0.2, 0.25) is 0 Å². The first-order chi connectivity index (χ1) is 9.54. The molecular weight excluding hydrogens is 275 g/mol. The van der Waals surface area contributed by atoms with Crippen molar-refractivity contribution in [2.45, 2.75) is 44.7 Å². The highest BCUT2D eigenvalue weighted by molar-refractivity contribution is 6.31. The minimum absolute atomic E-state index is 0.0497. The van der Waals surface area contributed by atoms with Crippen LogP contribution in [0.15, 0.2) is 18.2 Å². The van der Waals surface area contributed by atoms with Crippen LogP contribution in [0.3, 0.4) is 0 Å². The smallest absolute Gasteiger partial charge is 0.124 e. The van der Waals surface area contributed by atoms with E-state index < -0.39 is 0 Å². The second-order valence-corrected chi connectivity index (χ2v) is 6.32. The molecule has 1 aliphatic rings. The Hall–Kier alpha value is -0.640. The number of nitrogens with two attached hydrogens (primary N) is 1. The Labute approximate surface area is 126 Å². The summed E-state index contributed by atoms with van der Waals surface area (Å²) in [4.78, 5) is 2.34. The van der Waals surface area contributed by atoms with Gasteiger partial charge in [0, 0.05) is 23.7 Å². The molecule has 1 aromatic rings. The first-order valence-corrected chi connectivity index (χ1v) is 7.79. The van der Waals surface area contributed by atoms with E-state index in [4.69, 9.17) is 17.3 Å². The Morgan fingerprint density at radius 1 is 1.40 bits per heavy atom. The predicted molar refractivity (Wildman–Crippen MR) is 82.4 cm³/mol. The van der Waals surface area contributed by atoms with Crippen molar-refractivity contribution >= 4 is 11.6 Å². The second-order valence-electron chi connectivity index (χ2n) is 5.91. The number of benzene rings is 1. The summed E-state index contributed by atoms with van der Waals surface area (Å²) in [7, 11) is 2.11. The molecule has 3 atom stereocenters. The highest BCUT2D eigenvalue weighted by Gasteiger charge is 2.30. The maximum absolute atomic E-state index is 13.2.